The number of nitrogens with zero attached hydrogens (tertiary/aromatic N) is 1. The summed E-state index contributed by atoms with van der Waals surface area (Å²) in [4.78, 5) is 16.2. The minimum Gasteiger partial charge on any atom is -0.493 e. The van der Waals surface area contributed by atoms with Gasteiger partial charge in [-0.15, -0.1) is 11.3 Å². The van der Waals surface area contributed by atoms with Gasteiger partial charge in [0.25, 0.3) is 0 Å². The van der Waals surface area contributed by atoms with Gasteiger partial charge in [0.05, 0.1) is 12.3 Å². The summed E-state index contributed by atoms with van der Waals surface area (Å²) in [6, 6.07) is 6.15. The lowest BCUT2D eigenvalue weighted by molar-refractivity contribution is -0.117. The normalized spacial score (nSPS) is 16.6. The van der Waals surface area contributed by atoms with Crippen LogP contribution in [0.5, 0.6) is 5.75 Å². The van der Waals surface area contributed by atoms with E-state index in [1.165, 1.54) is 16.9 Å². The molecular weight excluding hydrogens is 272 g/mol. The summed E-state index contributed by atoms with van der Waals surface area (Å²) in [6.07, 6.45) is 2.97. The Labute approximate surface area is 120 Å². The van der Waals surface area contributed by atoms with Crippen LogP contribution >= 0.6 is 11.3 Å². The molecule has 0 saturated heterocycles. The summed E-state index contributed by atoms with van der Waals surface area (Å²) in [7, 11) is 0. The molecule has 0 bridgehead atoms. The monoisotopic (exact) mass is 286 g/mol. The molecule has 4 nitrogen and oxygen atoms in total. The van der Waals surface area contributed by atoms with Crippen LogP contribution in [0.3, 0.4) is 0 Å². The maximum absolute atomic E-state index is 11.7. The van der Waals surface area contributed by atoms with Gasteiger partial charge in [0.2, 0.25) is 5.91 Å². The van der Waals surface area contributed by atoms with Crippen LogP contribution in [0.2, 0.25) is 0 Å². The van der Waals surface area contributed by atoms with E-state index in [1.807, 2.05) is 17.5 Å². The molecule has 0 spiro atoms. The van der Waals surface area contributed by atoms with Gasteiger partial charge in [-0.25, -0.2) is 4.98 Å². The van der Waals surface area contributed by atoms with Gasteiger partial charge < -0.3 is 10.1 Å². The van der Waals surface area contributed by atoms with Gasteiger partial charge >= 0.3 is 0 Å². The zero-order chi connectivity index (χ0) is 13.5. The topological polar surface area (TPSA) is 51.2 Å². The molecule has 1 aliphatic carbocycles. The maximum atomic E-state index is 11.7. The number of ether oxygens (including phenoxy) is 1. The number of fused-ring (bicyclic) bond motifs is 1. The van der Waals surface area contributed by atoms with Crippen molar-refractivity contribution in [2.24, 2.45) is 5.92 Å². The molecule has 1 fully saturated rings. The average Bonchev–Trinajstić information content (AvgIpc) is 3.03. The van der Waals surface area contributed by atoms with Crippen LogP contribution in [-0.4, -0.2) is 17.5 Å². The Morgan fingerprint density at radius 2 is 2.30 bits per heavy atom. The van der Waals surface area contributed by atoms with E-state index in [1.54, 1.807) is 0 Å². The van der Waals surface area contributed by atoms with Gasteiger partial charge in [-0.2, -0.15) is 0 Å². The van der Waals surface area contributed by atoms with Crippen LogP contribution in [0.4, 0.5) is 5.13 Å². The number of carbonyl (C=O) groups excluding carboxylic acids is 1. The quantitative estimate of drug-likeness (QED) is 0.943. The Morgan fingerprint density at radius 1 is 1.40 bits per heavy atom. The van der Waals surface area contributed by atoms with Crippen molar-refractivity contribution in [2.45, 2.75) is 19.3 Å². The lowest BCUT2D eigenvalue weighted by Crippen LogP contribution is -2.12. The fourth-order valence-electron chi connectivity index (χ4n) is 2.36. The van der Waals surface area contributed by atoms with Crippen molar-refractivity contribution < 1.29 is 9.53 Å². The first-order valence-electron chi connectivity index (χ1n) is 6.82. The molecule has 0 unspecified atom stereocenters. The van der Waals surface area contributed by atoms with Crippen molar-refractivity contribution >= 4 is 22.4 Å². The molecule has 4 rings (SSSR count). The van der Waals surface area contributed by atoms with Crippen LogP contribution in [-0.2, 0) is 11.2 Å². The van der Waals surface area contributed by atoms with E-state index in [2.05, 4.69) is 16.4 Å². The summed E-state index contributed by atoms with van der Waals surface area (Å²) in [6.45, 7) is 0.762. The number of thiazole rings is 1. The molecule has 1 aliphatic heterocycles. The SMILES string of the molecule is O=C(Nc1nc(-c2ccc3c(c2)CCO3)cs1)C1CC1. The maximum Gasteiger partial charge on any atom is 0.229 e. The summed E-state index contributed by atoms with van der Waals surface area (Å²) >= 11 is 1.48. The highest BCUT2D eigenvalue weighted by molar-refractivity contribution is 7.14. The summed E-state index contributed by atoms with van der Waals surface area (Å²) in [5, 5.41) is 5.56. The van der Waals surface area contributed by atoms with Crippen molar-refractivity contribution in [1.29, 1.82) is 0 Å². The molecule has 2 aromatic rings. The third kappa shape index (κ3) is 2.18. The lowest BCUT2D eigenvalue weighted by atomic mass is 10.1. The van der Waals surface area contributed by atoms with Crippen molar-refractivity contribution in [1.82, 2.24) is 4.98 Å². The molecule has 2 heterocycles. The smallest absolute Gasteiger partial charge is 0.229 e. The molecule has 1 amide bonds. The van der Waals surface area contributed by atoms with E-state index in [0.29, 0.717) is 5.13 Å². The van der Waals surface area contributed by atoms with Crippen molar-refractivity contribution in [3.05, 3.63) is 29.1 Å². The van der Waals surface area contributed by atoms with Gasteiger partial charge in [-0.05, 0) is 36.6 Å². The Morgan fingerprint density at radius 3 is 3.15 bits per heavy atom. The van der Waals surface area contributed by atoms with E-state index < -0.39 is 0 Å². The number of benzene rings is 1. The van der Waals surface area contributed by atoms with Gasteiger partial charge in [0.1, 0.15) is 5.75 Å². The number of aromatic nitrogens is 1. The fourth-order valence-corrected chi connectivity index (χ4v) is 3.09. The van der Waals surface area contributed by atoms with Crippen LogP contribution in [0.1, 0.15) is 18.4 Å². The van der Waals surface area contributed by atoms with Gasteiger partial charge in [-0.3, -0.25) is 4.79 Å². The first kappa shape index (κ1) is 11.9. The number of hydrogen-bond acceptors (Lipinski definition) is 4. The van der Waals surface area contributed by atoms with Crippen LogP contribution < -0.4 is 10.1 Å². The van der Waals surface area contributed by atoms with E-state index in [9.17, 15) is 4.79 Å². The molecule has 2 aliphatic rings. The second-order valence-corrected chi connectivity index (χ2v) is 6.08. The molecule has 1 N–H and O–H groups in total. The Bertz CT molecular complexity index is 676. The van der Waals surface area contributed by atoms with E-state index in [4.69, 9.17) is 4.74 Å². The molecule has 5 heteroatoms. The Kier molecular flexibility index (Phi) is 2.73. The van der Waals surface area contributed by atoms with E-state index in [-0.39, 0.29) is 11.8 Å². The van der Waals surface area contributed by atoms with Crippen molar-refractivity contribution in [3.63, 3.8) is 0 Å². The number of amides is 1. The summed E-state index contributed by atoms with van der Waals surface area (Å²) in [5.74, 6) is 1.29. The Hall–Kier alpha value is -1.88. The minimum absolute atomic E-state index is 0.105. The van der Waals surface area contributed by atoms with Gasteiger partial charge in [0.15, 0.2) is 5.13 Å². The molecule has 1 aromatic heterocycles. The number of anilines is 1. The fraction of sp³-hybridized carbons (Fsp3) is 0.333. The molecule has 0 atom stereocenters. The first-order chi connectivity index (χ1) is 9.79. The highest BCUT2D eigenvalue weighted by atomic mass is 32.1. The first-order valence-corrected chi connectivity index (χ1v) is 7.70. The third-order valence-electron chi connectivity index (χ3n) is 3.67. The minimum atomic E-state index is 0.105. The van der Waals surface area contributed by atoms with Crippen LogP contribution in [0, 0.1) is 5.92 Å². The molecular formula is C15H14N2O2S. The second-order valence-electron chi connectivity index (χ2n) is 5.22. The molecule has 0 radical (unpaired) electrons. The molecule has 1 aromatic carbocycles. The standard InChI is InChI=1S/C15H14N2O2S/c18-14(9-1-2-9)17-15-16-12(8-20-15)10-3-4-13-11(7-10)5-6-19-13/h3-4,7-9H,1-2,5-6H2,(H,16,17,18). The van der Waals surface area contributed by atoms with E-state index >= 15 is 0 Å². The number of rotatable bonds is 3. The highest BCUT2D eigenvalue weighted by Gasteiger charge is 2.30. The summed E-state index contributed by atoms with van der Waals surface area (Å²) < 4.78 is 5.51. The Balaban J connectivity index is 1.56. The molecule has 102 valence electrons. The number of carbonyl (C=O) groups is 1. The average molecular weight is 286 g/mol. The van der Waals surface area contributed by atoms with Crippen molar-refractivity contribution in [3.8, 4) is 17.0 Å². The van der Waals surface area contributed by atoms with Crippen LogP contribution in [0.25, 0.3) is 11.3 Å². The predicted octanol–water partition coefficient (Wildman–Crippen LogP) is 3.09. The second kappa shape index (κ2) is 4.59. The zero-order valence-electron chi connectivity index (χ0n) is 10.9. The predicted molar refractivity (Wildman–Crippen MR) is 78.1 cm³/mol. The molecule has 1 saturated carbocycles. The third-order valence-corrected chi connectivity index (χ3v) is 4.43. The van der Waals surface area contributed by atoms with Gasteiger partial charge in [0, 0.05) is 23.3 Å². The zero-order valence-corrected chi connectivity index (χ0v) is 11.7. The van der Waals surface area contributed by atoms with Crippen molar-refractivity contribution in [2.75, 3.05) is 11.9 Å². The summed E-state index contributed by atoms with van der Waals surface area (Å²) in [5.41, 5.74) is 3.23. The highest BCUT2D eigenvalue weighted by Crippen LogP contribution is 2.33. The van der Waals surface area contributed by atoms with Gasteiger partial charge in [-0.1, -0.05) is 0 Å². The largest absolute Gasteiger partial charge is 0.493 e. The van der Waals surface area contributed by atoms with Crippen LogP contribution in [0.15, 0.2) is 23.6 Å². The molecule has 20 heavy (non-hydrogen) atoms. The van der Waals surface area contributed by atoms with E-state index in [0.717, 1.165) is 42.9 Å². The number of hydrogen-bond donors (Lipinski definition) is 1. The lowest BCUT2D eigenvalue weighted by Gasteiger charge is -2.01. The number of nitrogens with one attached hydrogen (secondary N) is 1.